The molecule has 1 atom stereocenters. The molecule has 0 bridgehead atoms. The highest BCUT2D eigenvalue weighted by Crippen LogP contribution is 2.16. The van der Waals surface area contributed by atoms with E-state index in [0.29, 0.717) is 5.69 Å². The Hall–Kier alpha value is -3.35. The van der Waals surface area contributed by atoms with Crippen molar-refractivity contribution in [3.05, 3.63) is 65.2 Å². The molecule has 3 amide bonds. The summed E-state index contributed by atoms with van der Waals surface area (Å²) in [5, 5.41) is 5.06. The summed E-state index contributed by atoms with van der Waals surface area (Å²) >= 11 is 0. The number of nitrogens with one attached hydrogen (secondary N) is 2. The second kappa shape index (κ2) is 9.38. The van der Waals surface area contributed by atoms with Crippen molar-refractivity contribution in [3.63, 3.8) is 0 Å². The molecule has 0 saturated carbocycles. The number of anilines is 1. The van der Waals surface area contributed by atoms with Crippen molar-refractivity contribution in [1.29, 1.82) is 0 Å². The maximum Gasteiger partial charge on any atom is 0.329 e. The number of carbonyl (C=O) groups is 3. The summed E-state index contributed by atoms with van der Waals surface area (Å²) in [5.74, 6) is -1.19. The molecule has 0 aliphatic heterocycles. The van der Waals surface area contributed by atoms with Crippen LogP contribution in [-0.4, -0.2) is 30.6 Å². The molecule has 2 aromatic carbocycles. The van der Waals surface area contributed by atoms with Crippen LogP contribution >= 0.6 is 0 Å². The van der Waals surface area contributed by atoms with Crippen LogP contribution in [0.5, 0.6) is 0 Å². The topological polar surface area (TPSA) is 111 Å². The predicted octanol–water partition coefficient (Wildman–Crippen LogP) is 2.06. The number of nitrogens with two attached hydrogens (primary N) is 1. The zero-order valence-corrected chi connectivity index (χ0v) is 15.3. The number of aryl methyl sites for hydroxylation is 2. The summed E-state index contributed by atoms with van der Waals surface area (Å²) in [4.78, 5) is 35.5. The lowest BCUT2D eigenvalue weighted by molar-refractivity contribution is -0.149. The number of hydrogen-bond donors (Lipinski definition) is 3. The summed E-state index contributed by atoms with van der Waals surface area (Å²) in [6.07, 6.45) is 0.210. The number of esters is 1. The first-order chi connectivity index (χ1) is 12.8. The Morgan fingerprint density at radius 3 is 2.44 bits per heavy atom. The maximum atomic E-state index is 12.3. The molecule has 0 aromatic heterocycles. The third-order valence-corrected chi connectivity index (χ3v) is 3.90. The van der Waals surface area contributed by atoms with E-state index in [4.69, 9.17) is 10.5 Å². The van der Waals surface area contributed by atoms with Crippen molar-refractivity contribution in [2.24, 2.45) is 5.73 Å². The molecule has 0 spiro atoms. The van der Waals surface area contributed by atoms with Gasteiger partial charge in [0.05, 0.1) is 0 Å². The number of hydrogen-bond acceptors (Lipinski definition) is 4. The van der Waals surface area contributed by atoms with Crippen LogP contribution < -0.4 is 16.4 Å². The smallest absolute Gasteiger partial charge is 0.329 e. The highest BCUT2D eigenvalue weighted by Gasteiger charge is 2.22. The van der Waals surface area contributed by atoms with E-state index in [1.54, 1.807) is 0 Å². The van der Waals surface area contributed by atoms with Gasteiger partial charge in [0.1, 0.15) is 6.04 Å². The fourth-order valence-electron chi connectivity index (χ4n) is 2.51. The van der Waals surface area contributed by atoms with E-state index in [0.717, 1.165) is 16.7 Å². The van der Waals surface area contributed by atoms with E-state index in [1.807, 2.05) is 62.4 Å². The van der Waals surface area contributed by atoms with Crippen LogP contribution in [0.4, 0.5) is 10.5 Å². The molecule has 27 heavy (non-hydrogen) atoms. The third kappa shape index (κ3) is 6.47. The van der Waals surface area contributed by atoms with Crippen LogP contribution in [0.2, 0.25) is 0 Å². The molecule has 0 aliphatic rings. The fourth-order valence-corrected chi connectivity index (χ4v) is 2.51. The molecule has 0 heterocycles. The Kier molecular flexibility index (Phi) is 6.93. The number of urea groups is 1. The molecule has 0 saturated heterocycles. The minimum atomic E-state index is -0.974. The Labute approximate surface area is 157 Å². The standard InChI is InChI=1S/C20H23N3O4/c1-13-8-9-14(2)16(10-13)22-18(24)12-27-19(25)17(23-20(21)26)11-15-6-4-3-5-7-15/h3-10,17H,11-12H2,1-2H3,(H,22,24)(H3,21,23,26)/t17-/m0/s1. The molecular weight excluding hydrogens is 346 g/mol. The summed E-state index contributed by atoms with van der Waals surface area (Å²) in [7, 11) is 0. The number of rotatable bonds is 7. The summed E-state index contributed by atoms with van der Waals surface area (Å²) in [5.41, 5.74) is 8.52. The van der Waals surface area contributed by atoms with E-state index >= 15 is 0 Å². The minimum Gasteiger partial charge on any atom is -0.454 e. The van der Waals surface area contributed by atoms with Crippen molar-refractivity contribution in [3.8, 4) is 0 Å². The average molecular weight is 369 g/mol. The highest BCUT2D eigenvalue weighted by molar-refractivity contribution is 5.94. The first-order valence-corrected chi connectivity index (χ1v) is 8.49. The molecule has 2 rings (SSSR count). The predicted molar refractivity (Wildman–Crippen MR) is 102 cm³/mol. The molecule has 7 nitrogen and oxygen atoms in total. The van der Waals surface area contributed by atoms with E-state index in [2.05, 4.69) is 10.6 Å². The lowest BCUT2D eigenvalue weighted by Gasteiger charge is -2.17. The minimum absolute atomic E-state index is 0.210. The van der Waals surface area contributed by atoms with Gasteiger partial charge in [0.2, 0.25) is 0 Å². The second-order valence-corrected chi connectivity index (χ2v) is 6.23. The summed E-state index contributed by atoms with van der Waals surface area (Å²) in [6, 6.07) is 13.0. The molecule has 0 unspecified atom stereocenters. The number of carbonyl (C=O) groups excluding carboxylic acids is 3. The number of amides is 3. The Morgan fingerprint density at radius 1 is 1.07 bits per heavy atom. The van der Waals surface area contributed by atoms with Crippen molar-refractivity contribution >= 4 is 23.6 Å². The van der Waals surface area contributed by atoms with Crippen LogP contribution in [0.1, 0.15) is 16.7 Å². The van der Waals surface area contributed by atoms with E-state index < -0.39 is 30.6 Å². The van der Waals surface area contributed by atoms with Crippen molar-refractivity contribution in [2.45, 2.75) is 26.3 Å². The van der Waals surface area contributed by atoms with Gasteiger partial charge in [0.25, 0.3) is 5.91 Å². The molecule has 0 fully saturated rings. The normalized spacial score (nSPS) is 11.3. The lowest BCUT2D eigenvalue weighted by atomic mass is 10.1. The SMILES string of the molecule is Cc1ccc(C)c(NC(=O)COC(=O)[C@H](Cc2ccccc2)NC(N)=O)c1. The zero-order valence-electron chi connectivity index (χ0n) is 15.3. The Bertz CT molecular complexity index is 821. The quantitative estimate of drug-likeness (QED) is 0.649. The molecular formula is C20H23N3O4. The number of ether oxygens (including phenoxy) is 1. The van der Waals surface area contributed by atoms with Gasteiger partial charge in [-0.2, -0.15) is 0 Å². The van der Waals surface area contributed by atoms with Gasteiger partial charge in [-0.25, -0.2) is 9.59 Å². The number of benzene rings is 2. The van der Waals surface area contributed by atoms with Gasteiger partial charge >= 0.3 is 12.0 Å². The van der Waals surface area contributed by atoms with E-state index in [-0.39, 0.29) is 6.42 Å². The first kappa shape index (κ1) is 20.0. The summed E-state index contributed by atoms with van der Waals surface area (Å²) < 4.78 is 5.06. The molecule has 2 aromatic rings. The molecule has 7 heteroatoms. The van der Waals surface area contributed by atoms with Gasteiger partial charge in [-0.15, -0.1) is 0 Å². The lowest BCUT2D eigenvalue weighted by Crippen LogP contribution is -2.46. The van der Waals surface area contributed by atoms with Crippen LogP contribution in [0.15, 0.2) is 48.5 Å². The van der Waals surface area contributed by atoms with Gasteiger partial charge in [0, 0.05) is 12.1 Å². The largest absolute Gasteiger partial charge is 0.454 e. The van der Waals surface area contributed by atoms with Gasteiger partial charge in [-0.1, -0.05) is 42.5 Å². The zero-order chi connectivity index (χ0) is 19.8. The second-order valence-electron chi connectivity index (χ2n) is 6.23. The van der Waals surface area contributed by atoms with Crippen LogP contribution in [0, 0.1) is 13.8 Å². The van der Waals surface area contributed by atoms with Gasteiger partial charge < -0.3 is 21.1 Å². The molecule has 0 aliphatic carbocycles. The van der Waals surface area contributed by atoms with Gasteiger partial charge in [0.15, 0.2) is 6.61 Å². The summed E-state index contributed by atoms with van der Waals surface area (Å²) in [6.45, 7) is 3.32. The fraction of sp³-hybridized carbons (Fsp3) is 0.250. The van der Waals surface area contributed by atoms with Crippen molar-refractivity contribution in [2.75, 3.05) is 11.9 Å². The first-order valence-electron chi connectivity index (χ1n) is 8.49. The van der Waals surface area contributed by atoms with E-state index in [1.165, 1.54) is 0 Å². The monoisotopic (exact) mass is 369 g/mol. The van der Waals surface area contributed by atoms with Crippen molar-refractivity contribution in [1.82, 2.24) is 5.32 Å². The maximum absolute atomic E-state index is 12.3. The van der Waals surface area contributed by atoms with Gasteiger partial charge in [-0.3, -0.25) is 4.79 Å². The van der Waals surface area contributed by atoms with Crippen LogP contribution in [0.25, 0.3) is 0 Å². The highest BCUT2D eigenvalue weighted by atomic mass is 16.5. The van der Waals surface area contributed by atoms with Crippen molar-refractivity contribution < 1.29 is 19.1 Å². The van der Waals surface area contributed by atoms with Gasteiger partial charge in [-0.05, 0) is 36.6 Å². The molecule has 4 N–H and O–H groups in total. The average Bonchev–Trinajstić information content (AvgIpc) is 2.62. The molecule has 142 valence electrons. The third-order valence-electron chi connectivity index (χ3n) is 3.90. The number of primary amides is 1. The Morgan fingerprint density at radius 2 is 1.78 bits per heavy atom. The van der Waals surface area contributed by atoms with E-state index in [9.17, 15) is 14.4 Å². The Balaban J connectivity index is 1.94. The molecule has 0 radical (unpaired) electrons. The van der Waals surface area contributed by atoms with Crippen LogP contribution in [0.3, 0.4) is 0 Å². The van der Waals surface area contributed by atoms with Crippen LogP contribution in [-0.2, 0) is 20.7 Å².